The summed E-state index contributed by atoms with van der Waals surface area (Å²) >= 11 is 0. The van der Waals surface area contributed by atoms with Crippen molar-refractivity contribution in [1.82, 2.24) is 4.72 Å². The third-order valence-electron chi connectivity index (χ3n) is 6.06. The second-order valence-corrected chi connectivity index (χ2v) is 10.2. The molecule has 1 aliphatic heterocycles. The highest BCUT2D eigenvalue weighted by atomic mass is 32.2. The molecule has 0 aliphatic carbocycles. The number of aliphatic carboxylic acids is 1. The van der Waals surface area contributed by atoms with E-state index in [4.69, 9.17) is 9.84 Å². The van der Waals surface area contributed by atoms with Gasteiger partial charge in [0, 0.05) is 31.3 Å². The normalized spacial score (nSPS) is 14.7. The van der Waals surface area contributed by atoms with Crippen LogP contribution in [0, 0.1) is 0 Å². The first-order chi connectivity index (χ1) is 16.9. The molecule has 1 aliphatic rings. The van der Waals surface area contributed by atoms with E-state index < -0.39 is 28.5 Å². The Labute approximate surface area is 204 Å². The molecule has 1 heterocycles. The first kappa shape index (κ1) is 24.7. The lowest BCUT2D eigenvalue weighted by Crippen LogP contribution is -2.37. The summed E-state index contributed by atoms with van der Waals surface area (Å²) in [6.45, 7) is 2.00. The number of hydrogen-bond donors (Lipinski definition) is 2. The predicted molar refractivity (Wildman–Crippen MR) is 133 cm³/mol. The lowest BCUT2D eigenvalue weighted by Gasteiger charge is -2.21. The summed E-state index contributed by atoms with van der Waals surface area (Å²) in [4.78, 5) is 24.3. The molecule has 1 saturated heterocycles. The summed E-state index contributed by atoms with van der Waals surface area (Å²) < 4.78 is 34.4. The van der Waals surface area contributed by atoms with E-state index in [0.717, 1.165) is 48.0 Å². The Morgan fingerprint density at radius 2 is 1.83 bits per heavy atom. The number of hydrogen-bond acceptors (Lipinski definition) is 6. The Bertz CT molecular complexity index is 1310. The van der Waals surface area contributed by atoms with Gasteiger partial charge in [-0.3, -0.25) is 4.79 Å². The van der Waals surface area contributed by atoms with Crippen LogP contribution in [0.3, 0.4) is 0 Å². The van der Waals surface area contributed by atoms with Gasteiger partial charge in [0.25, 0.3) is 0 Å². The predicted octanol–water partition coefficient (Wildman–Crippen LogP) is 3.38. The van der Waals surface area contributed by atoms with Crippen LogP contribution in [0.5, 0.6) is 5.75 Å². The summed E-state index contributed by atoms with van der Waals surface area (Å²) in [5, 5.41) is 11.2. The molecule has 0 radical (unpaired) electrons. The zero-order chi connectivity index (χ0) is 24.8. The van der Waals surface area contributed by atoms with Gasteiger partial charge in [0.1, 0.15) is 16.9 Å². The SMILES string of the molecule is O=C[C@@H](CC(=O)O)NS(=O)(=O)c1ccc(N2CCCC2)cc1OCCc1cccc2ccccc12. The topological polar surface area (TPSA) is 113 Å². The summed E-state index contributed by atoms with van der Waals surface area (Å²) in [7, 11) is -4.21. The Balaban J connectivity index is 1.59. The van der Waals surface area contributed by atoms with E-state index in [0.29, 0.717) is 6.42 Å². The molecule has 0 spiro atoms. The number of sulfonamides is 1. The third kappa shape index (κ3) is 5.98. The van der Waals surface area contributed by atoms with Crippen molar-refractivity contribution < 1.29 is 27.9 Å². The number of carbonyl (C=O) groups excluding carboxylic acids is 1. The van der Waals surface area contributed by atoms with Crippen LogP contribution in [-0.4, -0.2) is 51.5 Å². The molecule has 0 aromatic heterocycles. The molecule has 184 valence electrons. The first-order valence-corrected chi connectivity index (χ1v) is 13.0. The summed E-state index contributed by atoms with van der Waals surface area (Å²) in [6, 6.07) is 17.6. The van der Waals surface area contributed by atoms with Gasteiger partial charge in [-0.2, -0.15) is 0 Å². The molecule has 3 aromatic rings. The molecule has 35 heavy (non-hydrogen) atoms. The van der Waals surface area contributed by atoms with Gasteiger partial charge in [-0.1, -0.05) is 42.5 Å². The zero-order valence-corrected chi connectivity index (χ0v) is 20.0. The van der Waals surface area contributed by atoms with Crippen molar-refractivity contribution in [3.8, 4) is 5.75 Å². The first-order valence-electron chi connectivity index (χ1n) is 11.6. The third-order valence-corrected chi connectivity index (χ3v) is 7.59. The van der Waals surface area contributed by atoms with E-state index in [2.05, 4.69) is 9.62 Å². The van der Waals surface area contributed by atoms with Gasteiger partial charge in [0.05, 0.1) is 19.1 Å². The fourth-order valence-electron chi connectivity index (χ4n) is 4.35. The van der Waals surface area contributed by atoms with Crippen molar-refractivity contribution >= 4 is 38.7 Å². The minimum absolute atomic E-state index is 0.129. The van der Waals surface area contributed by atoms with Crippen molar-refractivity contribution in [2.75, 3.05) is 24.6 Å². The van der Waals surface area contributed by atoms with Crippen molar-refractivity contribution in [3.05, 3.63) is 66.2 Å². The van der Waals surface area contributed by atoms with Crippen LogP contribution >= 0.6 is 0 Å². The van der Waals surface area contributed by atoms with Crippen LogP contribution in [0.15, 0.2) is 65.6 Å². The molecular formula is C26H28N2O6S. The molecule has 9 heteroatoms. The fourth-order valence-corrected chi connectivity index (χ4v) is 5.65. The van der Waals surface area contributed by atoms with E-state index in [1.165, 1.54) is 6.07 Å². The summed E-state index contributed by atoms with van der Waals surface area (Å²) in [5.41, 5.74) is 1.95. The smallest absolute Gasteiger partial charge is 0.305 e. The van der Waals surface area contributed by atoms with E-state index in [1.54, 1.807) is 12.1 Å². The number of carboxylic acids is 1. The number of fused-ring (bicyclic) bond motifs is 1. The molecule has 2 N–H and O–H groups in total. The standard InChI is InChI=1S/C26H28N2O6S/c29-18-21(16-26(30)31)27-35(32,33)25-11-10-22(28-13-3-4-14-28)17-24(25)34-15-12-20-8-5-7-19-6-1-2-9-23(19)20/h1-2,5-11,17-18,21,27H,3-4,12-16H2,(H,30,31)/t21-/m1/s1. The molecule has 0 bridgehead atoms. The number of nitrogens with zero attached hydrogens (tertiary/aromatic N) is 1. The van der Waals surface area contributed by atoms with Crippen LogP contribution in [0.4, 0.5) is 5.69 Å². The second kappa shape index (κ2) is 10.9. The average molecular weight is 497 g/mol. The lowest BCUT2D eigenvalue weighted by molar-refractivity contribution is -0.138. The van der Waals surface area contributed by atoms with Gasteiger partial charge in [0.15, 0.2) is 0 Å². The molecule has 0 amide bonds. The lowest BCUT2D eigenvalue weighted by atomic mass is 10.0. The molecule has 1 fully saturated rings. The zero-order valence-electron chi connectivity index (χ0n) is 19.2. The van der Waals surface area contributed by atoms with Crippen LogP contribution in [0.25, 0.3) is 10.8 Å². The Kier molecular flexibility index (Phi) is 7.67. The van der Waals surface area contributed by atoms with E-state index in [1.807, 2.05) is 42.5 Å². The summed E-state index contributed by atoms with van der Waals surface area (Å²) in [5.74, 6) is -1.11. The average Bonchev–Trinajstić information content (AvgIpc) is 3.38. The van der Waals surface area contributed by atoms with Gasteiger partial charge in [-0.25, -0.2) is 13.1 Å². The number of aldehydes is 1. The largest absolute Gasteiger partial charge is 0.492 e. The maximum Gasteiger partial charge on any atom is 0.305 e. The van der Waals surface area contributed by atoms with Gasteiger partial charge in [0.2, 0.25) is 10.0 Å². The molecular weight excluding hydrogens is 468 g/mol. The Morgan fingerprint density at radius 1 is 1.09 bits per heavy atom. The van der Waals surface area contributed by atoms with Crippen molar-refractivity contribution in [2.45, 2.75) is 36.6 Å². The highest BCUT2D eigenvalue weighted by Crippen LogP contribution is 2.31. The van der Waals surface area contributed by atoms with Crippen LogP contribution < -0.4 is 14.4 Å². The second-order valence-electron chi connectivity index (χ2n) is 8.52. The number of benzene rings is 3. The fraction of sp³-hybridized carbons (Fsp3) is 0.308. The molecule has 0 unspecified atom stereocenters. The van der Waals surface area contributed by atoms with Gasteiger partial charge < -0.3 is 19.5 Å². The van der Waals surface area contributed by atoms with Gasteiger partial charge in [-0.15, -0.1) is 0 Å². The van der Waals surface area contributed by atoms with E-state index in [-0.39, 0.29) is 23.5 Å². The minimum Gasteiger partial charge on any atom is -0.492 e. The number of rotatable bonds is 11. The van der Waals surface area contributed by atoms with Crippen LogP contribution in [0.2, 0.25) is 0 Å². The van der Waals surface area contributed by atoms with Crippen molar-refractivity contribution in [1.29, 1.82) is 0 Å². The number of ether oxygens (including phenoxy) is 1. The molecule has 8 nitrogen and oxygen atoms in total. The van der Waals surface area contributed by atoms with E-state index >= 15 is 0 Å². The highest BCUT2D eigenvalue weighted by molar-refractivity contribution is 7.89. The van der Waals surface area contributed by atoms with Crippen molar-refractivity contribution in [3.63, 3.8) is 0 Å². The quantitative estimate of drug-likeness (QED) is 0.391. The van der Waals surface area contributed by atoms with Crippen LogP contribution in [-0.2, 0) is 26.0 Å². The molecule has 3 aromatic carbocycles. The molecule has 0 saturated carbocycles. The van der Waals surface area contributed by atoms with Crippen LogP contribution in [0.1, 0.15) is 24.8 Å². The number of carbonyl (C=O) groups is 2. The molecule has 1 atom stereocenters. The maximum atomic E-state index is 13.1. The Hall–Kier alpha value is -3.43. The van der Waals surface area contributed by atoms with Gasteiger partial charge in [-0.05, 0) is 41.3 Å². The monoisotopic (exact) mass is 496 g/mol. The number of anilines is 1. The van der Waals surface area contributed by atoms with Crippen molar-refractivity contribution in [2.24, 2.45) is 0 Å². The van der Waals surface area contributed by atoms with Gasteiger partial charge >= 0.3 is 5.97 Å². The maximum absolute atomic E-state index is 13.1. The highest BCUT2D eigenvalue weighted by Gasteiger charge is 2.26. The molecule has 4 rings (SSSR count). The number of nitrogens with one attached hydrogen (secondary N) is 1. The minimum atomic E-state index is -4.21. The Morgan fingerprint density at radius 3 is 2.57 bits per heavy atom. The van der Waals surface area contributed by atoms with E-state index in [9.17, 15) is 18.0 Å². The number of carboxylic acid groups (broad SMARTS) is 1. The summed E-state index contributed by atoms with van der Waals surface area (Å²) in [6.07, 6.45) is 2.33.